The zero-order chi connectivity index (χ0) is 10.4. The Morgan fingerprint density at radius 3 is 2.86 bits per heavy atom. The number of hydrogen-bond donors (Lipinski definition) is 1. The van der Waals surface area contributed by atoms with Gasteiger partial charge in [0.05, 0.1) is 19.9 Å². The van der Waals surface area contributed by atoms with E-state index in [-0.39, 0.29) is 0 Å². The summed E-state index contributed by atoms with van der Waals surface area (Å²) in [7, 11) is 1.60. The molecule has 0 saturated heterocycles. The second-order valence-corrected chi connectivity index (χ2v) is 2.99. The molecular weight excluding hydrogens is 180 g/mol. The van der Waals surface area contributed by atoms with Gasteiger partial charge in [-0.3, -0.25) is 0 Å². The van der Waals surface area contributed by atoms with Crippen LogP contribution in [0.2, 0.25) is 0 Å². The first-order chi connectivity index (χ1) is 6.77. The molecule has 0 saturated carbocycles. The van der Waals surface area contributed by atoms with Crippen LogP contribution in [0.5, 0.6) is 11.6 Å². The van der Waals surface area contributed by atoms with Crippen LogP contribution in [-0.4, -0.2) is 25.2 Å². The second kappa shape index (κ2) is 5.44. The quantitative estimate of drug-likeness (QED) is 0.717. The van der Waals surface area contributed by atoms with E-state index in [1.54, 1.807) is 13.3 Å². The largest absolute Gasteiger partial charge is 0.492 e. The first kappa shape index (κ1) is 10.8. The molecule has 0 bridgehead atoms. The molecule has 14 heavy (non-hydrogen) atoms. The van der Waals surface area contributed by atoms with E-state index in [1.807, 2.05) is 13.0 Å². The summed E-state index contributed by atoms with van der Waals surface area (Å²) in [6, 6.07) is 1.91. The van der Waals surface area contributed by atoms with E-state index < -0.39 is 0 Å². The summed E-state index contributed by atoms with van der Waals surface area (Å²) < 4.78 is 10.5. The van der Waals surface area contributed by atoms with Crippen molar-refractivity contribution in [1.29, 1.82) is 0 Å². The van der Waals surface area contributed by atoms with Crippen molar-refractivity contribution < 1.29 is 9.47 Å². The molecule has 0 aliphatic carbocycles. The number of ether oxygens (including phenoxy) is 2. The lowest BCUT2D eigenvalue weighted by Gasteiger charge is -2.07. The van der Waals surface area contributed by atoms with E-state index in [0.717, 1.165) is 17.7 Å². The second-order valence-electron chi connectivity index (χ2n) is 2.99. The summed E-state index contributed by atoms with van der Waals surface area (Å²) in [5, 5.41) is 0. The Balaban J connectivity index is 2.57. The standard InChI is InChI=1S/C10H16N2O2/c1-8-6-9(14-5-3-4-11)7-12-10(8)13-2/h6-7H,3-5,11H2,1-2H3. The molecule has 1 heterocycles. The normalized spacial score (nSPS) is 9.93. The molecule has 4 heteroatoms. The maximum absolute atomic E-state index is 5.43. The molecule has 0 aromatic carbocycles. The van der Waals surface area contributed by atoms with Gasteiger partial charge in [0.2, 0.25) is 5.88 Å². The topological polar surface area (TPSA) is 57.4 Å². The summed E-state index contributed by atoms with van der Waals surface area (Å²) >= 11 is 0. The highest BCUT2D eigenvalue weighted by Gasteiger charge is 2.01. The van der Waals surface area contributed by atoms with E-state index in [4.69, 9.17) is 15.2 Å². The van der Waals surface area contributed by atoms with Gasteiger partial charge < -0.3 is 15.2 Å². The van der Waals surface area contributed by atoms with Crippen molar-refractivity contribution in [3.05, 3.63) is 17.8 Å². The Bertz CT molecular complexity index is 289. The van der Waals surface area contributed by atoms with Crippen LogP contribution >= 0.6 is 0 Å². The molecule has 78 valence electrons. The number of aryl methyl sites for hydroxylation is 1. The van der Waals surface area contributed by atoms with Gasteiger partial charge in [-0.25, -0.2) is 4.98 Å². The lowest BCUT2D eigenvalue weighted by atomic mass is 10.3. The van der Waals surface area contributed by atoms with E-state index >= 15 is 0 Å². The van der Waals surface area contributed by atoms with Crippen molar-refractivity contribution in [3.63, 3.8) is 0 Å². The summed E-state index contributed by atoms with van der Waals surface area (Å²) in [5.74, 6) is 1.40. The average molecular weight is 196 g/mol. The number of aromatic nitrogens is 1. The highest BCUT2D eigenvalue weighted by Crippen LogP contribution is 2.19. The molecule has 0 spiro atoms. The lowest BCUT2D eigenvalue weighted by molar-refractivity contribution is 0.310. The van der Waals surface area contributed by atoms with Crippen molar-refractivity contribution in [1.82, 2.24) is 4.98 Å². The molecule has 0 radical (unpaired) electrons. The number of nitrogens with two attached hydrogens (primary N) is 1. The fourth-order valence-electron chi connectivity index (χ4n) is 1.10. The van der Waals surface area contributed by atoms with Crippen molar-refractivity contribution in [2.45, 2.75) is 13.3 Å². The van der Waals surface area contributed by atoms with Crippen LogP contribution in [0.15, 0.2) is 12.3 Å². The molecule has 1 aromatic heterocycles. The molecule has 0 unspecified atom stereocenters. The number of methoxy groups -OCH3 is 1. The zero-order valence-electron chi connectivity index (χ0n) is 8.62. The predicted octanol–water partition coefficient (Wildman–Crippen LogP) is 1.13. The first-order valence-electron chi connectivity index (χ1n) is 4.61. The Hall–Kier alpha value is -1.29. The van der Waals surface area contributed by atoms with Crippen LogP contribution in [0.4, 0.5) is 0 Å². The summed E-state index contributed by atoms with van der Waals surface area (Å²) in [6.07, 6.45) is 2.51. The minimum Gasteiger partial charge on any atom is -0.492 e. The fraction of sp³-hybridized carbons (Fsp3) is 0.500. The lowest BCUT2D eigenvalue weighted by Crippen LogP contribution is -2.06. The molecule has 0 amide bonds. The zero-order valence-corrected chi connectivity index (χ0v) is 8.62. The molecule has 0 atom stereocenters. The summed E-state index contributed by atoms with van der Waals surface area (Å²) in [5.41, 5.74) is 6.32. The summed E-state index contributed by atoms with van der Waals surface area (Å²) in [6.45, 7) is 3.20. The van der Waals surface area contributed by atoms with Gasteiger partial charge in [-0.15, -0.1) is 0 Å². The van der Waals surface area contributed by atoms with E-state index in [0.29, 0.717) is 19.0 Å². The van der Waals surface area contributed by atoms with Crippen LogP contribution < -0.4 is 15.2 Å². The van der Waals surface area contributed by atoms with Crippen molar-refractivity contribution in [2.75, 3.05) is 20.3 Å². The van der Waals surface area contributed by atoms with E-state index in [2.05, 4.69) is 4.98 Å². The number of pyridine rings is 1. The predicted molar refractivity (Wildman–Crippen MR) is 54.7 cm³/mol. The molecule has 1 rings (SSSR count). The van der Waals surface area contributed by atoms with Crippen LogP contribution in [0.25, 0.3) is 0 Å². The Labute approximate surface area is 84.0 Å². The van der Waals surface area contributed by atoms with Crippen LogP contribution in [0.3, 0.4) is 0 Å². The van der Waals surface area contributed by atoms with Gasteiger partial charge in [0.25, 0.3) is 0 Å². The smallest absolute Gasteiger partial charge is 0.216 e. The van der Waals surface area contributed by atoms with Gasteiger partial charge in [0.1, 0.15) is 5.75 Å². The van der Waals surface area contributed by atoms with Crippen molar-refractivity contribution in [2.24, 2.45) is 5.73 Å². The van der Waals surface area contributed by atoms with Crippen LogP contribution in [-0.2, 0) is 0 Å². The number of nitrogens with zero attached hydrogens (tertiary/aromatic N) is 1. The highest BCUT2D eigenvalue weighted by molar-refractivity contribution is 5.31. The van der Waals surface area contributed by atoms with Gasteiger partial charge in [0, 0.05) is 5.56 Å². The maximum Gasteiger partial charge on any atom is 0.216 e. The molecular formula is C10H16N2O2. The van der Waals surface area contributed by atoms with Crippen LogP contribution in [0, 0.1) is 6.92 Å². The third kappa shape index (κ3) is 2.88. The third-order valence-electron chi connectivity index (χ3n) is 1.82. The minimum atomic E-state index is 0.629. The average Bonchev–Trinajstić information content (AvgIpc) is 2.18. The van der Waals surface area contributed by atoms with Crippen molar-refractivity contribution in [3.8, 4) is 11.6 Å². The maximum atomic E-state index is 5.43. The fourth-order valence-corrected chi connectivity index (χ4v) is 1.10. The highest BCUT2D eigenvalue weighted by atomic mass is 16.5. The Morgan fingerprint density at radius 1 is 1.50 bits per heavy atom. The van der Waals surface area contributed by atoms with Crippen molar-refractivity contribution >= 4 is 0 Å². The van der Waals surface area contributed by atoms with Gasteiger partial charge in [-0.1, -0.05) is 0 Å². The first-order valence-corrected chi connectivity index (χ1v) is 4.61. The molecule has 2 N–H and O–H groups in total. The minimum absolute atomic E-state index is 0.629. The van der Waals surface area contributed by atoms with Gasteiger partial charge in [-0.05, 0) is 26.0 Å². The molecule has 4 nitrogen and oxygen atoms in total. The number of hydrogen-bond acceptors (Lipinski definition) is 4. The Kier molecular flexibility index (Phi) is 4.19. The van der Waals surface area contributed by atoms with Gasteiger partial charge in [0.15, 0.2) is 0 Å². The van der Waals surface area contributed by atoms with Gasteiger partial charge >= 0.3 is 0 Å². The summed E-state index contributed by atoms with van der Waals surface area (Å²) in [4.78, 5) is 4.10. The number of rotatable bonds is 5. The third-order valence-corrected chi connectivity index (χ3v) is 1.82. The van der Waals surface area contributed by atoms with Crippen LogP contribution in [0.1, 0.15) is 12.0 Å². The molecule has 0 aliphatic rings. The Morgan fingerprint density at radius 2 is 2.29 bits per heavy atom. The molecule has 0 aliphatic heterocycles. The van der Waals surface area contributed by atoms with E-state index in [9.17, 15) is 0 Å². The SMILES string of the molecule is COc1ncc(OCCCN)cc1C. The van der Waals surface area contributed by atoms with Gasteiger partial charge in [-0.2, -0.15) is 0 Å². The molecule has 0 fully saturated rings. The monoisotopic (exact) mass is 196 g/mol. The van der Waals surface area contributed by atoms with E-state index in [1.165, 1.54) is 0 Å². The molecule has 1 aromatic rings.